The van der Waals surface area contributed by atoms with Gasteiger partial charge in [0.1, 0.15) is 0 Å². The Morgan fingerprint density at radius 1 is 1.40 bits per heavy atom. The molecule has 0 aliphatic heterocycles. The SMILES string of the molecule is COC(=O)CNCC(C)c1ccccc1. The molecule has 0 amide bonds. The van der Waals surface area contributed by atoms with Crippen LogP contribution in [0.15, 0.2) is 30.3 Å². The fourth-order valence-corrected chi connectivity index (χ4v) is 1.36. The fourth-order valence-electron chi connectivity index (χ4n) is 1.36. The Morgan fingerprint density at radius 2 is 2.07 bits per heavy atom. The van der Waals surface area contributed by atoms with Crippen LogP contribution in [-0.2, 0) is 9.53 Å². The molecule has 0 bridgehead atoms. The molecule has 0 heterocycles. The molecule has 0 aliphatic carbocycles. The van der Waals surface area contributed by atoms with E-state index in [4.69, 9.17) is 0 Å². The van der Waals surface area contributed by atoms with Crippen LogP contribution >= 0.6 is 0 Å². The van der Waals surface area contributed by atoms with Gasteiger partial charge in [-0.2, -0.15) is 0 Å². The minimum Gasteiger partial charge on any atom is -0.468 e. The van der Waals surface area contributed by atoms with Crippen LogP contribution in [0.2, 0.25) is 0 Å². The van der Waals surface area contributed by atoms with E-state index in [2.05, 4.69) is 29.1 Å². The average molecular weight is 207 g/mol. The monoisotopic (exact) mass is 207 g/mol. The largest absolute Gasteiger partial charge is 0.468 e. The lowest BCUT2D eigenvalue weighted by Gasteiger charge is -2.12. The van der Waals surface area contributed by atoms with Gasteiger partial charge in [-0.1, -0.05) is 37.3 Å². The molecule has 0 aliphatic rings. The van der Waals surface area contributed by atoms with Crippen molar-refractivity contribution in [1.82, 2.24) is 5.32 Å². The highest BCUT2D eigenvalue weighted by Gasteiger charge is 2.05. The van der Waals surface area contributed by atoms with Gasteiger partial charge >= 0.3 is 5.97 Å². The number of methoxy groups -OCH3 is 1. The van der Waals surface area contributed by atoms with Crippen LogP contribution in [0.25, 0.3) is 0 Å². The molecule has 1 rings (SSSR count). The van der Waals surface area contributed by atoms with Crippen LogP contribution in [0.3, 0.4) is 0 Å². The number of hydrogen-bond acceptors (Lipinski definition) is 3. The van der Waals surface area contributed by atoms with Gasteiger partial charge in [0.2, 0.25) is 0 Å². The molecular formula is C12H17NO2. The quantitative estimate of drug-likeness (QED) is 0.744. The van der Waals surface area contributed by atoms with Crippen molar-refractivity contribution in [2.75, 3.05) is 20.2 Å². The summed E-state index contributed by atoms with van der Waals surface area (Å²) >= 11 is 0. The number of rotatable bonds is 5. The summed E-state index contributed by atoms with van der Waals surface area (Å²) in [4.78, 5) is 10.8. The van der Waals surface area contributed by atoms with Gasteiger partial charge in [0.15, 0.2) is 0 Å². The minimum atomic E-state index is -0.227. The Kier molecular flexibility index (Phi) is 4.84. The molecule has 0 saturated carbocycles. The van der Waals surface area contributed by atoms with Crippen molar-refractivity contribution in [3.63, 3.8) is 0 Å². The Bertz CT molecular complexity index is 298. The Labute approximate surface area is 90.4 Å². The minimum absolute atomic E-state index is 0.227. The first-order valence-electron chi connectivity index (χ1n) is 5.06. The van der Waals surface area contributed by atoms with Gasteiger partial charge in [0.25, 0.3) is 0 Å². The van der Waals surface area contributed by atoms with E-state index >= 15 is 0 Å². The summed E-state index contributed by atoms with van der Waals surface area (Å²) in [5.74, 6) is 0.172. The molecule has 1 N–H and O–H groups in total. The third kappa shape index (κ3) is 4.13. The van der Waals surface area contributed by atoms with E-state index in [1.54, 1.807) is 0 Å². The molecule has 0 saturated heterocycles. The molecule has 0 radical (unpaired) electrons. The molecule has 1 aromatic rings. The first kappa shape index (κ1) is 11.7. The van der Waals surface area contributed by atoms with Gasteiger partial charge < -0.3 is 10.1 Å². The van der Waals surface area contributed by atoms with Crippen molar-refractivity contribution in [2.45, 2.75) is 12.8 Å². The second kappa shape index (κ2) is 6.19. The zero-order chi connectivity index (χ0) is 11.1. The van der Waals surface area contributed by atoms with Gasteiger partial charge in [-0.05, 0) is 11.5 Å². The highest BCUT2D eigenvalue weighted by molar-refractivity contribution is 5.71. The smallest absolute Gasteiger partial charge is 0.319 e. The van der Waals surface area contributed by atoms with Crippen molar-refractivity contribution in [3.8, 4) is 0 Å². The maximum Gasteiger partial charge on any atom is 0.319 e. The number of ether oxygens (including phenoxy) is 1. The summed E-state index contributed by atoms with van der Waals surface area (Å²) in [5.41, 5.74) is 1.27. The summed E-state index contributed by atoms with van der Waals surface area (Å²) in [7, 11) is 1.39. The molecule has 82 valence electrons. The topological polar surface area (TPSA) is 38.3 Å². The van der Waals surface area contributed by atoms with E-state index < -0.39 is 0 Å². The van der Waals surface area contributed by atoms with Crippen LogP contribution in [0.4, 0.5) is 0 Å². The Morgan fingerprint density at radius 3 is 2.67 bits per heavy atom. The lowest BCUT2D eigenvalue weighted by atomic mass is 10.0. The summed E-state index contributed by atoms with van der Waals surface area (Å²) in [5, 5.41) is 3.06. The molecule has 3 heteroatoms. The fraction of sp³-hybridized carbons (Fsp3) is 0.417. The number of nitrogens with one attached hydrogen (secondary N) is 1. The lowest BCUT2D eigenvalue weighted by molar-refractivity contribution is -0.139. The molecule has 1 unspecified atom stereocenters. The van der Waals surface area contributed by atoms with Crippen LogP contribution < -0.4 is 5.32 Å². The molecule has 1 atom stereocenters. The van der Waals surface area contributed by atoms with E-state index in [9.17, 15) is 4.79 Å². The highest BCUT2D eigenvalue weighted by Crippen LogP contribution is 2.12. The van der Waals surface area contributed by atoms with Crippen molar-refractivity contribution >= 4 is 5.97 Å². The lowest BCUT2D eigenvalue weighted by Crippen LogP contribution is -2.27. The number of hydrogen-bond donors (Lipinski definition) is 1. The Balaban J connectivity index is 2.31. The van der Waals surface area contributed by atoms with Gasteiger partial charge in [-0.25, -0.2) is 0 Å². The molecule has 0 spiro atoms. The normalized spacial score (nSPS) is 12.1. The van der Waals surface area contributed by atoms with Gasteiger partial charge in [0, 0.05) is 6.54 Å². The second-order valence-electron chi connectivity index (χ2n) is 3.52. The van der Waals surface area contributed by atoms with E-state index in [0.717, 1.165) is 6.54 Å². The molecule has 15 heavy (non-hydrogen) atoms. The third-order valence-electron chi connectivity index (χ3n) is 2.32. The number of carbonyl (C=O) groups excluding carboxylic acids is 1. The van der Waals surface area contributed by atoms with Crippen LogP contribution in [-0.4, -0.2) is 26.2 Å². The molecular weight excluding hydrogens is 190 g/mol. The van der Waals surface area contributed by atoms with Crippen LogP contribution in [0, 0.1) is 0 Å². The Hall–Kier alpha value is -1.35. The van der Waals surface area contributed by atoms with Crippen LogP contribution in [0.1, 0.15) is 18.4 Å². The second-order valence-corrected chi connectivity index (χ2v) is 3.52. The van der Waals surface area contributed by atoms with E-state index in [1.807, 2.05) is 18.2 Å². The molecule has 3 nitrogen and oxygen atoms in total. The predicted octanol–water partition coefficient (Wildman–Crippen LogP) is 1.55. The highest BCUT2D eigenvalue weighted by atomic mass is 16.5. The molecule has 0 aromatic heterocycles. The number of benzene rings is 1. The third-order valence-corrected chi connectivity index (χ3v) is 2.32. The predicted molar refractivity (Wildman–Crippen MR) is 59.7 cm³/mol. The first-order valence-corrected chi connectivity index (χ1v) is 5.06. The average Bonchev–Trinajstić information content (AvgIpc) is 2.29. The summed E-state index contributed by atoms with van der Waals surface area (Å²) in [6.45, 7) is 3.17. The summed E-state index contributed by atoms with van der Waals surface area (Å²) in [6.07, 6.45) is 0. The van der Waals surface area contributed by atoms with Crippen molar-refractivity contribution in [1.29, 1.82) is 0 Å². The van der Waals surface area contributed by atoms with Gasteiger partial charge in [-0.15, -0.1) is 0 Å². The standard InChI is InChI=1S/C12H17NO2/c1-10(8-13-9-12(14)15-2)11-6-4-3-5-7-11/h3-7,10,13H,8-9H2,1-2H3. The molecule has 1 aromatic carbocycles. The van der Waals surface area contributed by atoms with Crippen molar-refractivity contribution in [3.05, 3.63) is 35.9 Å². The summed E-state index contributed by atoms with van der Waals surface area (Å²) < 4.78 is 4.54. The zero-order valence-corrected chi connectivity index (χ0v) is 9.19. The van der Waals surface area contributed by atoms with Gasteiger partial charge in [0.05, 0.1) is 13.7 Å². The maximum atomic E-state index is 10.8. The molecule has 0 fully saturated rings. The van der Waals surface area contributed by atoms with Crippen molar-refractivity contribution in [2.24, 2.45) is 0 Å². The van der Waals surface area contributed by atoms with Crippen molar-refractivity contribution < 1.29 is 9.53 Å². The van der Waals surface area contributed by atoms with E-state index in [-0.39, 0.29) is 12.5 Å². The van der Waals surface area contributed by atoms with E-state index in [0.29, 0.717) is 5.92 Å². The maximum absolute atomic E-state index is 10.8. The summed E-state index contributed by atoms with van der Waals surface area (Å²) in [6, 6.07) is 10.2. The van der Waals surface area contributed by atoms with E-state index in [1.165, 1.54) is 12.7 Å². The first-order chi connectivity index (χ1) is 7.24. The van der Waals surface area contributed by atoms with Crippen LogP contribution in [0.5, 0.6) is 0 Å². The van der Waals surface area contributed by atoms with Gasteiger partial charge in [-0.3, -0.25) is 4.79 Å². The zero-order valence-electron chi connectivity index (χ0n) is 9.19. The number of carbonyl (C=O) groups is 1. The number of esters is 1.